The molecule has 0 aromatic heterocycles. The van der Waals surface area contributed by atoms with E-state index in [4.69, 9.17) is 0 Å². The van der Waals surface area contributed by atoms with E-state index >= 15 is 0 Å². The Morgan fingerprint density at radius 2 is 1.36 bits per heavy atom. The van der Waals surface area contributed by atoms with Gasteiger partial charge in [-0.25, -0.2) is 9.59 Å². The number of aliphatic hydroxyl groups is 3. The molecule has 0 aliphatic rings. The molecule has 0 saturated carbocycles. The highest BCUT2D eigenvalue weighted by atomic mass is 16.3. The average Bonchev–Trinajstić information content (AvgIpc) is 2.57. The fraction of sp³-hybridized carbons (Fsp3) is 0.467. The van der Waals surface area contributed by atoms with Gasteiger partial charge in [-0.3, -0.25) is 0 Å². The number of carbonyl (C=O) groups excluding carboxylic acids is 2. The summed E-state index contributed by atoms with van der Waals surface area (Å²) in [6, 6.07) is 8.42. The first-order valence-electron chi connectivity index (χ1n) is 6.68. The summed E-state index contributed by atoms with van der Waals surface area (Å²) in [5, 5.41) is 28.1. The summed E-state index contributed by atoms with van der Waals surface area (Å²) in [7, 11) is 0. The van der Waals surface area contributed by atoms with Crippen molar-refractivity contribution >= 4 is 12.2 Å². The zero-order chi connectivity index (χ0) is 16.5. The van der Waals surface area contributed by atoms with E-state index in [-0.39, 0.29) is 12.8 Å². The lowest BCUT2D eigenvalue weighted by atomic mass is 9.81. The van der Waals surface area contributed by atoms with Crippen molar-refractivity contribution < 1.29 is 24.9 Å². The van der Waals surface area contributed by atoms with Crippen molar-refractivity contribution in [2.24, 2.45) is 15.4 Å². The first kappa shape index (κ1) is 17.9. The SMILES string of the molecule is O=C=NC(CCC(CO)(CO)CO)(N=C=O)c1ccccc1. The third kappa shape index (κ3) is 3.95. The fourth-order valence-corrected chi connectivity index (χ4v) is 2.09. The van der Waals surface area contributed by atoms with E-state index in [9.17, 15) is 24.9 Å². The highest BCUT2D eigenvalue weighted by Crippen LogP contribution is 2.36. The molecule has 0 heterocycles. The Balaban J connectivity index is 3.22. The molecule has 1 aromatic carbocycles. The zero-order valence-corrected chi connectivity index (χ0v) is 12.0. The maximum absolute atomic E-state index is 10.8. The molecular weight excluding hydrogens is 288 g/mol. The minimum Gasteiger partial charge on any atom is -0.396 e. The smallest absolute Gasteiger partial charge is 0.237 e. The first-order chi connectivity index (χ1) is 10.6. The van der Waals surface area contributed by atoms with Gasteiger partial charge in [-0.15, -0.1) is 0 Å². The summed E-state index contributed by atoms with van der Waals surface area (Å²) in [4.78, 5) is 28.8. The van der Waals surface area contributed by atoms with Crippen LogP contribution in [-0.4, -0.2) is 47.3 Å². The van der Waals surface area contributed by atoms with Crippen LogP contribution in [0.25, 0.3) is 0 Å². The van der Waals surface area contributed by atoms with E-state index in [0.717, 1.165) is 0 Å². The van der Waals surface area contributed by atoms with Gasteiger partial charge in [0.15, 0.2) is 5.66 Å². The minimum atomic E-state index is -1.53. The Bertz CT molecular complexity index is 532. The molecule has 0 saturated heterocycles. The molecule has 0 aliphatic heterocycles. The van der Waals surface area contributed by atoms with Crippen LogP contribution in [0.3, 0.4) is 0 Å². The number of aliphatic imine (C=N–C) groups is 2. The van der Waals surface area contributed by atoms with E-state index in [2.05, 4.69) is 9.98 Å². The molecule has 0 atom stereocenters. The van der Waals surface area contributed by atoms with Crippen LogP contribution in [-0.2, 0) is 15.3 Å². The predicted molar refractivity (Wildman–Crippen MR) is 77.3 cm³/mol. The van der Waals surface area contributed by atoms with Crippen LogP contribution in [0.4, 0.5) is 0 Å². The molecule has 0 unspecified atom stereocenters. The van der Waals surface area contributed by atoms with Crippen LogP contribution >= 0.6 is 0 Å². The number of benzene rings is 1. The third-order valence-electron chi connectivity index (χ3n) is 3.71. The van der Waals surface area contributed by atoms with Gasteiger partial charge in [0.2, 0.25) is 12.2 Å². The van der Waals surface area contributed by atoms with Crippen molar-refractivity contribution in [3.05, 3.63) is 35.9 Å². The highest BCUT2D eigenvalue weighted by Gasteiger charge is 2.37. The zero-order valence-electron chi connectivity index (χ0n) is 12.0. The summed E-state index contributed by atoms with van der Waals surface area (Å²) in [6.07, 6.45) is 2.90. The van der Waals surface area contributed by atoms with E-state index in [1.165, 1.54) is 12.2 Å². The monoisotopic (exact) mass is 306 g/mol. The Labute approximate surface area is 127 Å². The van der Waals surface area contributed by atoms with Crippen LogP contribution in [0.1, 0.15) is 18.4 Å². The lowest BCUT2D eigenvalue weighted by Crippen LogP contribution is -2.36. The summed E-state index contributed by atoms with van der Waals surface area (Å²) in [5.74, 6) is 0. The summed E-state index contributed by atoms with van der Waals surface area (Å²) in [6.45, 7) is -1.37. The number of rotatable bonds is 9. The Kier molecular flexibility index (Phi) is 6.79. The molecule has 1 aromatic rings. The molecule has 1 rings (SSSR count). The van der Waals surface area contributed by atoms with Crippen LogP contribution < -0.4 is 0 Å². The van der Waals surface area contributed by atoms with Crippen LogP contribution in [0.2, 0.25) is 0 Å². The van der Waals surface area contributed by atoms with Crippen LogP contribution in [0.5, 0.6) is 0 Å². The van der Waals surface area contributed by atoms with Crippen molar-refractivity contribution in [1.82, 2.24) is 0 Å². The molecule has 22 heavy (non-hydrogen) atoms. The quantitative estimate of drug-likeness (QED) is 0.446. The number of hydrogen-bond donors (Lipinski definition) is 3. The van der Waals surface area contributed by atoms with Gasteiger partial charge in [0.1, 0.15) is 0 Å². The van der Waals surface area contributed by atoms with Gasteiger partial charge in [0, 0.05) is 11.0 Å². The minimum absolute atomic E-state index is 0.0170. The second-order valence-corrected chi connectivity index (χ2v) is 5.06. The van der Waals surface area contributed by atoms with Crippen molar-refractivity contribution in [1.29, 1.82) is 0 Å². The molecular formula is C15H18N2O5. The van der Waals surface area contributed by atoms with Gasteiger partial charge in [0.25, 0.3) is 0 Å². The maximum Gasteiger partial charge on any atom is 0.237 e. The van der Waals surface area contributed by atoms with Gasteiger partial charge < -0.3 is 15.3 Å². The average molecular weight is 306 g/mol. The maximum atomic E-state index is 10.8. The van der Waals surface area contributed by atoms with Gasteiger partial charge in [-0.2, -0.15) is 9.98 Å². The molecule has 7 nitrogen and oxygen atoms in total. The molecule has 0 amide bonds. The summed E-state index contributed by atoms with van der Waals surface area (Å²) >= 11 is 0. The standard InChI is InChI=1S/C15H18N2O5/c18-8-14(9-19,10-20)6-7-15(16-11-21,17-12-22)13-4-2-1-3-5-13/h1-5,18-20H,6-10H2. The lowest BCUT2D eigenvalue weighted by Gasteiger charge is -2.31. The molecule has 0 aliphatic carbocycles. The van der Waals surface area contributed by atoms with Crippen LogP contribution in [0, 0.1) is 5.41 Å². The summed E-state index contributed by atoms with van der Waals surface area (Å²) in [5.41, 5.74) is -2.21. The Hall–Kier alpha value is -2.14. The molecule has 0 radical (unpaired) electrons. The van der Waals surface area contributed by atoms with E-state index < -0.39 is 30.9 Å². The van der Waals surface area contributed by atoms with E-state index in [1.54, 1.807) is 30.3 Å². The van der Waals surface area contributed by atoms with Gasteiger partial charge in [0.05, 0.1) is 19.8 Å². The third-order valence-corrected chi connectivity index (χ3v) is 3.71. The Morgan fingerprint density at radius 1 is 0.864 bits per heavy atom. The number of nitrogens with zero attached hydrogens (tertiary/aromatic N) is 2. The molecule has 0 fully saturated rings. The fourth-order valence-electron chi connectivity index (χ4n) is 2.09. The normalized spacial score (nSPS) is 13.6. The molecule has 0 spiro atoms. The predicted octanol–water partition coefficient (Wildman–Crippen LogP) is 0.254. The molecule has 118 valence electrons. The topological polar surface area (TPSA) is 120 Å². The Morgan fingerprint density at radius 3 is 1.77 bits per heavy atom. The van der Waals surface area contributed by atoms with Crippen molar-refractivity contribution in [3.8, 4) is 0 Å². The molecule has 7 heteroatoms. The summed E-state index contributed by atoms with van der Waals surface area (Å²) < 4.78 is 0. The van der Waals surface area contributed by atoms with Crippen molar-refractivity contribution in [2.75, 3.05) is 19.8 Å². The highest BCUT2D eigenvalue weighted by molar-refractivity contribution is 5.42. The lowest BCUT2D eigenvalue weighted by molar-refractivity contribution is -0.00574. The van der Waals surface area contributed by atoms with E-state index in [0.29, 0.717) is 5.56 Å². The van der Waals surface area contributed by atoms with Gasteiger partial charge in [-0.05, 0) is 12.8 Å². The second kappa shape index (κ2) is 8.34. The number of hydrogen-bond acceptors (Lipinski definition) is 7. The van der Waals surface area contributed by atoms with Gasteiger partial charge in [-0.1, -0.05) is 30.3 Å². The largest absolute Gasteiger partial charge is 0.396 e. The van der Waals surface area contributed by atoms with E-state index in [1.807, 2.05) is 0 Å². The van der Waals surface area contributed by atoms with Crippen molar-refractivity contribution in [3.63, 3.8) is 0 Å². The van der Waals surface area contributed by atoms with Crippen LogP contribution in [0.15, 0.2) is 40.3 Å². The number of aliphatic hydroxyl groups excluding tert-OH is 3. The number of isocyanates is 2. The van der Waals surface area contributed by atoms with Crippen molar-refractivity contribution in [2.45, 2.75) is 18.5 Å². The molecule has 0 bridgehead atoms. The first-order valence-corrected chi connectivity index (χ1v) is 6.68. The van der Waals surface area contributed by atoms with Gasteiger partial charge >= 0.3 is 0 Å². The molecule has 3 N–H and O–H groups in total. The second-order valence-electron chi connectivity index (χ2n) is 5.06.